The Hall–Kier alpha value is -0.680. The van der Waals surface area contributed by atoms with Gasteiger partial charge in [0.05, 0.1) is 6.07 Å². The molecule has 1 rings (SSSR count). The van der Waals surface area contributed by atoms with Gasteiger partial charge in [0, 0.05) is 32.7 Å². The minimum absolute atomic E-state index is 0.323. The molecule has 0 bridgehead atoms. The van der Waals surface area contributed by atoms with Crippen molar-refractivity contribution in [1.29, 1.82) is 5.26 Å². The van der Waals surface area contributed by atoms with Crippen molar-refractivity contribution in [2.45, 2.75) is 25.0 Å². The van der Waals surface area contributed by atoms with E-state index in [-0.39, 0.29) is 0 Å². The Bertz CT molecular complexity index is 371. The van der Waals surface area contributed by atoms with Gasteiger partial charge in [0.1, 0.15) is 0 Å². The fraction of sp³-hybridized carbons (Fsp3) is 0.909. The highest BCUT2D eigenvalue weighted by atomic mass is 32.2. The third kappa shape index (κ3) is 4.90. The molecule has 104 valence electrons. The van der Waals surface area contributed by atoms with Gasteiger partial charge in [-0.05, 0) is 19.4 Å². The van der Waals surface area contributed by atoms with Crippen LogP contribution < -0.4 is 10.0 Å². The summed E-state index contributed by atoms with van der Waals surface area (Å²) in [5.41, 5.74) is 0. The van der Waals surface area contributed by atoms with Crippen LogP contribution in [-0.4, -0.2) is 57.8 Å². The predicted octanol–water partition coefficient (Wildman–Crippen LogP) is -0.497. The van der Waals surface area contributed by atoms with Crippen molar-refractivity contribution in [3.63, 3.8) is 0 Å². The van der Waals surface area contributed by atoms with E-state index < -0.39 is 15.3 Å². The predicted molar refractivity (Wildman–Crippen MR) is 70.5 cm³/mol. The summed E-state index contributed by atoms with van der Waals surface area (Å²) in [5.74, 6) is 0. The Morgan fingerprint density at radius 3 is 2.67 bits per heavy atom. The van der Waals surface area contributed by atoms with Gasteiger partial charge in [0.15, 0.2) is 5.25 Å². The fourth-order valence-electron chi connectivity index (χ4n) is 1.93. The minimum atomic E-state index is -3.47. The van der Waals surface area contributed by atoms with Gasteiger partial charge in [-0.3, -0.25) is 0 Å². The third-order valence-electron chi connectivity index (χ3n) is 3.05. The summed E-state index contributed by atoms with van der Waals surface area (Å²) < 4.78 is 25.9. The van der Waals surface area contributed by atoms with E-state index >= 15 is 0 Å². The van der Waals surface area contributed by atoms with Gasteiger partial charge in [-0.1, -0.05) is 6.92 Å². The highest BCUT2D eigenvalue weighted by Gasteiger charge is 2.22. The molecular weight excluding hydrogens is 252 g/mol. The standard InChI is InChI=1S/C11H22N4O2S/c1-2-11(10-12)18(16,17)14-4-3-7-15-8-5-13-6-9-15/h11,13-14H,2-9H2,1H3. The van der Waals surface area contributed by atoms with E-state index in [1.54, 1.807) is 6.92 Å². The van der Waals surface area contributed by atoms with Crippen LogP contribution in [0.25, 0.3) is 0 Å². The SMILES string of the molecule is CCC(C#N)S(=O)(=O)NCCCN1CCNCC1. The second kappa shape index (κ2) is 7.69. The van der Waals surface area contributed by atoms with Crippen LogP contribution in [0.2, 0.25) is 0 Å². The molecule has 1 saturated heterocycles. The van der Waals surface area contributed by atoms with Crippen LogP contribution in [0.5, 0.6) is 0 Å². The minimum Gasteiger partial charge on any atom is -0.314 e. The number of nitrogens with zero attached hydrogens (tertiary/aromatic N) is 2. The lowest BCUT2D eigenvalue weighted by molar-refractivity contribution is 0.239. The third-order valence-corrected chi connectivity index (χ3v) is 4.85. The molecule has 0 saturated carbocycles. The summed E-state index contributed by atoms with van der Waals surface area (Å²) in [7, 11) is -3.47. The Kier molecular flexibility index (Phi) is 6.57. The van der Waals surface area contributed by atoms with Crippen LogP contribution in [0, 0.1) is 11.3 Å². The highest BCUT2D eigenvalue weighted by Crippen LogP contribution is 2.02. The van der Waals surface area contributed by atoms with Crippen molar-refractivity contribution in [1.82, 2.24) is 14.9 Å². The van der Waals surface area contributed by atoms with E-state index in [0.717, 1.165) is 39.1 Å². The van der Waals surface area contributed by atoms with Crippen molar-refractivity contribution in [2.75, 3.05) is 39.3 Å². The first-order valence-electron chi connectivity index (χ1n) is 6.41. The van der Waals surface area contributed by atoms with E-state index in [2.05, 4.69) is 14.9 Å². The first-order chi connectivity index (χ1) is 8.60. The van der Waals surface area contributed by atoms with Gasteiger partial charge < -0.3 is 10.2 Å². The molecule has 1 atom stereocenters. The maximum atomic E-state index is 11.7. The van der Waals surface area contributed by atoms with Crippen molar-refractivity contribution >= 4 is 10.0 Å². The summed E-state index contributed by atoms with van der Waals surface area (Å²) in [6.45, 7) is 7.03. The van der Waals surface area contributed by atoms with Crippen LogP contribution in [-0.2, 0) is 10.0 Å². The van der Waals surface area contributed by atoms with Gasteiger partial charge in [-0.15, -0.1) is 0 Å². The lowest BCUT2D eigenvalue weighted by atomic mass is 10.3. The van der Waals surface area contributed by atoms with Crippen LogP contribution >= 0.6 is 0 Å². The molecular formula is C11H22N4O2S. The molecule has 1 aliphatic rings. The largest absolute Gasteiger partial charge is 0.314 e. The van der Waals surface area contributed by atoms with Crippen molar-refractivity contribution in [2.24, 2.45) is 0 Å². The molecule has 1 fully saturated rings. The first-order valence-corrected chi connectivity index (χ1v) is 7.96. The van der Waals surface area contributed by atoms with Gasteiger partial charge in [-0.25, -0.2) is 13.1 Å². The van der Waals surface area contributed by atoms with Gasteiger partial charge in [0.25, 0.3) is 0 Å². The molecule has 0 spiro atoms. The molecule has 0 radical (unpaired) electrons. The lowest BCUT2D eigenvalue weighted by Gasteiger charge is -2.27. The summed E-state index contributed by atoms with van der Waals surface area (Å²) in [6, 6.07) is 1.81. The van der Waals surface area contributed by atoms with Crippen molar-refractivity contribution in [3.8, 4) is 6.07 Å². The zero-order chi connectivity index (χ0) is 13.4. The van der Waals surface area contributed by atoms with Gasteiger partial charge in [-0.2, -0.15) is 5.26 Å². The molecule has 0 aliphatic carbocycles. The summed E-state index contributed by atoms with van der Waals surface area (Å²) in [6.07, 6.45) is 1.10. The number of hydrogen-bond acceptors (Lipinski definition) is 5. The number of hydrogen-bond donors (Lipinski definition) is 2. The van der Waals surface area contributed by atoms with Gasteiger partial charge >= 0.3 is 0 Å². The number of rotatable bonds is 7. The molecule has 1 heterocycles. The number of nitrogens with one attached hydrogen (secondary N) is 2. The highest BCUT2D eigenvalue weighted by molar-refractivity contribution is 7.90. The normalized spacial score (nSPS) is 19.3. The maximum absolute atomic E-state index is 11.7. The summed E-state index contributed by atoms with van der Waals surface area (Å²) in [4.78, 5) is 2.31. The molecule has 2 N–H and O–H groups in total. The molecule has 7 heteroatoms. The van der Waals surface area contributed by atoms with Crippen molar-refractivity contribution < 1.29 is 8.42 Å². The summed E-state index contributed by atoms with van der Waals surface area (Å²) >= 11 is 0. The second-order valence-electron chi connectivity index (χ2n) is 4.41. The Morgan fingerprint density at radius 1 is 1.44 bits per heavy atom. The molecule has 0 amide bonds. The zero-order valence-electron chi connectivity index (χ0n) is 10.9. The quantitative estimate of drug-likeness (QED) is 0.612. The van der Waals surface area contributed by atoms with Crippen LogP contribution in [0.3, 0.4) is 0 Å². The molecule has 1 aliphatic heterocycles. The topological polar surface area (TPSA) is 85.2 Å². The van der Waals surface area contributed by atoms with Crippen LogP contribution in [0.15, 0.2) is 0 Å². The number of nitriles is 1. The monoisotopic (exact) mass is 274 g/mol. The van der Waals surface area contributed by atoms with Crippen LogP contribution in [0.1, 0.15) is 19.8 Å². The molecule has 0 aromatic carbocycles. The van der Waals surface area contributed by atoms with Crippen LogP contribution in [0.4, 0.5) is 0 Å². The van der Waals surface area contributed by atoms with E-state index in [0.29, 0.717) is 13.0 Å². The average molecular weight is 274 g/mol. The first kappa shape index (κ1) is 15.4. The van der Waals surface area contributed by atoms with E-state index in [9.17, 15) is 8.42 Å². The number of sulfonamides is 1. The van der Waals surface area contributed by atoms with Gasteiger partial charge in [0.2, 0.25) is 10.0 Å². The van der Waals surface area contributed by atoms with E-state index in [4.69, 9.17) is 5.26 Å². The molecule has 0 aromatic heterocycles. The second-order valence-corrected chi connectivity index (χ2v) is 6.36. The zero-order valence-corrected chi connectivity index (χ0v) is 11.7. The number of piperazine rings is 1. The van der Waals surface area contributed by atoms with E-state index in [1.165, 1.54) is 0 Å². The molecule has 1 unspecified atom stereocenters. The molecule has 0 aromatic rings. The summed E-state index contributed by atoms with van der Waals surface area (Å²) in [5, 5.41) is 11.1. The Morgan fingerprint density at radius 2 is 2.11 bits per heavy atom. The average Bonchev–Trinajstić information content (AvgIpc) is 2.37. The van der Waals surface area contributed by atoms with E-state index in [1.807, 2.05) is 6.07 Å². The lowest BCUT2D eigenvalue weighted by Crippen LogP contribution is -2.44. The fourth-order valence-corrected chi connectivity index (χ4v) is 3.14. The Balaban J connectivity index is 2.22. The molecule has 6 nitrogen and oxygen atoms in total. The van der Waals surface area contributed by atoms with Crippen molar-refractivity contribution in [3.05, 3.63) is 0 Å². The smallest absolute Gasteiger partial charge is 0.227 e. The molecule has 18 heavy (non-hydrogen) atoms. The maximum Gasteiger partial charge on any atom is 0.227 e. The Labute approximate surface area is 109 Å².